The summed E-state index contributed by atoms with van der Waals surface area (Å²) in [5.74, 6) is 0. The highest BCUT2D eigenvalue weighted by Crippen LogP contribution is 2.12. The number of rotatable bonds is 11. The minimum absolute atomic E-state index is 0. The summed E-state index contributed by atoms with van der Waals surface area (Å²) in [6.07, 6.45) is 8.64. The van der Waals surface area contributed by atoms with Crippen molar-refractivity contribution >= 4 is 22.6 Å². The molecule has 0 saturated heterocycles. The molecule has 0 bridgehead atoms. The van der Waals surface area contributed by atoms with E-state index in [1.807, 2.05) is 0 Å². The van der Waals surface area contributed by atoms with Gasteiger partial charge in [0.05, 0.1) is 26.2 Å². The van der Waals surface area contributed by atoms with Gasteiger partial charge >= 0.3 is 0 Å². The molecule has 0 aromatic heterocycles. The Morgan fingerprint density at radius 1 is 0.706 bits per heavy atom. The van der Waals surface area contributed by atoms with Crippen molar-refractivity contribution in [1.29, 1.82) is 0 Å². The van der Waals surface area contributed by atoms with Crippen LogP contribution in [-0.2, 0) is 0 Å². The number of unbranched alkanes of at least 4 members (excludes halogenated alkanes) is 5. The SMILES string of the molecule is CC[N+](CC)(CC)CCCCCCCCI.[I-]. The molecule has 0 aromatic carbocycles. The van der Waals surface area contributed by atoms with Crippen LogP contribution < -0.4 is 24.0 Å². The maximum Gasteiger partial charge on any atom is 0.0786 e. The standard InChI is InChI=1S/C14H31IN.HI/c1-4-16(5-2,6-3)14-12-10-8-7-9-11-13-15;/h4-14H2,1-3H3;1H/q+1;/p-1. The van der Waals surface area contributed by atoms with Crippen molar-refractivity contribution in [3.8, 4) is 0 Å². The van der Waals surface area contributed by atoms with Gasteiger partial charge < -0.3 is 28.5 Å². The molecule has 3 heteroatoms. The van der Waals surface area contributed by atoms with Crippen LogP contribution in [0.4, 0.5) is 0 Å². The Kier molecular flexibility index (Phi) is 16.9. The zero-order valence-corrected chi connectivity index (χ0v) is 16.3. The number of nitrogens with zero attached hydrogens (tertiary/aromatic N) is 1. The van der Waals surface area contributed by atoms with E-state index in [2.05, 4.69) is 43.4 Å². The molecule has 106 valence electrons. The van der Waals surface area contributed by atoms with Crippen molar-refractivity contribution in [2.45, 2.75) is 59.3 Å². The number of hydrogen-bond donors (Lipinski definition) is 0. The normalized spacial score (nSPS) is 11.3. The first kappa shape index (κ1) is 20.7. The quantitative estimate of drug-likeness (QED) is 0.188. The highest BCUT2D eigenvalue weighted by molar-refractivity contribution is 14.1. The molecular weight excluding hydrogens is 436 g/mol. The van der Waals surface area contributed by atoms with Gasteiger partial charge in [-0.15, -0.1) is 0 Å². The smallest absolute Gasteiger partial charge is 0.0786 e. The summed E-state index contributed by atoms with van der Waals surface area (Å²) in [5, 5.41) is 0. The summed E-state index contributed by atoms with van der Waals surface area (Å²) in [5.41, 5.74) is 0. The minimum atomic E-state index is 0. The molecule has 17 heavy (non-hydrogen) atoms. The van der Waals surface area contributed by atoms with Gasteiger partial charge in [-0.25, -0.2) is 0 Å². The molecule has 0 radical (unpaired) electrons. The highest BCUT2D eigenvalue weighted by atomic mass is 127. The summed E-state index contributed by atoms with van der Waals surface area (Å²) in [6, 6.07) is 0. The van der Waals surface area contributed by atoms with Gasteiger partial charge in [0.2, 0.25) is 0 Å². The van der Waals surface area contributed by atoms with Gasteiger partial charge in [0.25, 0.3) is 0 Å². The molecule has 0 spiro atoms. The molecule has 0 unspecified atom stereocenters. The van der Waals surface area contributed by atoms with Crippen molar-refractivity contribution in [1.82, 2.24) is 0 Å². The first-order valence-electron chi connectivity index (χ1n) is 7.15. The Balaban J connectivity index is 0. The van der Waals surface area contributed by atoms with Crippen LogP contribution in [0.1, 0.15) is 59.3 Å². The van der Waals surface area contributed by atoms with Gasteiger partial charge in [0, 0.05) is 0 Å². The van der Waals surface area contributed by atoms with Crippen LogP contribution in [0.5, 0.6) is 0 Å². The van der Waals surface area contributed by atoms with E-state index in [1.54, 1.807) is 0 Å². The maximum absolute atomic E-state index is 2.48. The first-order chi connectivity index (χ1) is 7.74. The van der Waals surface area contributed by atoms with Crippen LogP contribution in [0, 0.1) is 0 Å². The Bertz CT molecular complexity index is 139. The topological polar surface area (TPSA) is 0 Å². The summed E-state index contributed by atoms with van der Waals surface area (Å²) in [7, 11) is 0. The van der Waals surface area contributed by atoms with Gasteiger partial charge in [0.15, 0.2) is 0 Å². The zero-order chi connectivity index (χ0) is 12.3. The van der Waals surface area contributed by atoms with E-state index in [4.69, 9.17) is 0 Å². The van der Waals surface area contributed by atoms with E-state index in [1.165, 1.54) is 73.6 Å². The van der Waals surface area contributed by atoms with Crippen molar-refractivity contribution in [2.75, 3.05) is 30.6 Å². The molecule has 0 aliphatic carbocycles. The minimum Gasteiger partial charge on any atom is -1.00 e. The molecule has 0 fully saturated rings. The van der Waals surface area contributed by atoms with Crippen molar-refractivity contribution < 1.29 is 28.5 Å². The van der Waals surface area contributed by atoms with Gasteiger partial charge in [0.1, 0.15) is 0 Å². The van der Waals surface area contributed by atoms with Crippen LogP contribution in [0.2, 0.25) is 0 Å². The number of quaternary nitrogens is 1. The zero-order valence-electron chi connectivity index (χ0n) is 12.0. The second kappa shape index (κ2) is 13.8. The van der Waals surface area contributed by atoms with Gasteiger partial charge in [-0.1, -0.05) is 41.9 Å². The fourth-order valence-electron chi connectivity index (χ4n) is 2.39. The second-order valence-electron chi connectivity index (χ2n) is 4.82. The molecule has 0 aromatic rings. The Morgan fingerprint density at radius 2 is 1.12 bits per heavy atom. The number of hydrogen-bond acceptors (Lipinski definition) is 0. The maximum atomic E-state index is 2.48. The third-order valence-corrected chi connectivity index (χ3v) is 4.79. The molecule has 0 aliphatic heterocycles. The first-order valence-corrected chi connectivity index (χ1v) is 8.68. The summed E-state index contributed by atoms with van der Waals surface area (Å²) >= 11 is 2.48. The number of alkyl halides is 1. The fraction of sp³-hybridized carbons (Fsp3) is 1.00. The summed E-state index contributed by atoms with van der Waals surface area (Å²) in [4.78, 5) is 0. The fourth-order valence-corrected chi connectivity index (χ4v) is 2.93. The highest BCUT2D eigenvalue weighted by Gasteiger charge is 2.19. The molecule has 0 amide bonds. The average Bonchev–Trinajstić information content (AvgIpc) is 2.34. The van der Waals surface area contributed by atoms with Crippen LogP contribution in [0.25, 0.3) is 0 Å². The average molecular weight is 467 g/mol. The lowest BCUT2D eigenvalue weighted by molar-refractivity contribution is -0.923. The predicted octanol–water partition coefficient (Wildman–Crippen LogP) is 1.64. The summed E-state index contributed by atoms with van der Waals surface area (Å²) < 4.78 is 2.66. The lowest BCUT2D eigenvalue weighted by Gasteiger charge is -2.35. The van der Waals surface area contributed by atoms with Crippen molar-refractivity contribution in [2.24, 2.45) is 0 Å². The largest absolute Gasteiger partial charge is 1.00 e. The van der Waals surface area contributed by atoms with Crippen molar-refractivity contribution in [3.05, 3.63) is 0 Å². The van der Waals surface area contributed by atoms with Crippen LogP contribution >= 0.6 is 22.6 Å². The lowest BCUT2D eigenvalue weighted by Crippen LogP contribution is -3.00. The van der Waals surface area contributed by atoms with E-state index < -0.39 is 0 Å². The summed E-state index contributed by atoms with van der Waals surface area (Å²) in [6.45, 7) is 12.3. The number of halogens is 2. The monoisotopic (exact) mass is 467 g/mol. The molecule has 1 nitrogen and oxygen atoms in total. The van der Waals surface area contributed by atoms with E-state index >= 15 is 0 Å². The second-order valence-corrected chi connectivity index (χ2v) is 5.90. The van der Waals surface area contributed by atoms with Crippen LogP contribution in [-0.4, -0.2) is 35.1 Å². The van der Waals surface area contributed by atoms with Gasteiger partial charge in [-0.05, 0) is 44.5 Å². The van der Waals surface area contributed by atoms with E-state index in [0.29, 0.717) is 0 Å². The van der Waals surface area contributed by atoms with Gasteiger partial charge in [-0.3, -0.25) is 0 Å². The molecule has 0 N–H and O–H groups in total. The van der Waals surface area contributed by atoms with Crippen LogP contribution in [0.3, 0.4) is 0 Å². The van der Waals surface area contributed by atoms with Crippen LogP contribution in [0.15, 0.2) is 0 Å². The predicted molar refractivity (Wildman–Crippen MR) is 83.3 cm³/mol. The molecule has 0 atom stereocenters. The van der Waals surface area contributed by atoms with E-state index in [-0.39, 0.29) is 24.0 Å². The van der Waals surface area contributed by atoms with Gasteiger partial charge in [-0.2, -0.15) is 0 Å². The van der Waals surface area contributed by atoms with Crippen molar-refractivity contribution in [3.63, 3.8) is 0 Å². The molecule has 0 saturated carbocycles. The molecule has 0 heterocycles. The molecule has 0 rings (SSSR count). The third-order valence-electron chi connectivity index (χ3n) is 4.03. The Labute approximate surface area is 140 Å². The lowest BCUT2D eigenvalue weighted by atomic mass is 10.1. The molecular formula is C14H31I2N. The van der Waals surface area contributed by atoms with E-state index in [9.17, 15) is 0 Å². The third kappa shape index (κ3) is 9.93. The molecule has 0 aliphatic rings. The Morgan fingerprint density at radius 3 is 1.53 bits per heavy atom. The Hall–Kier alpha value is 1.42. The van der Waals surface area contributed by atoms with E-state index in [0.717, 1.165) is 0 Å².